The number of nitrogens with one attached hydrogen (secondary N) is 1. The molecule has 1 N–H and O–H groups in total. The molecule has 0 aliphatic heterocycles. The van der Waals surface area contributed by atoms with Crippen molar-refractivity contribution in [3.8, 4) is 10.6 Å². The average Bonchev–Trinajstić information content (AvgIpc) is 3.12. The standard InChI is InChI=1S/C18H14F3N3OS/c1-11(12-5-7-22-8-6-12)23-16(25)15-10-26-17(24-15)13-3-2-4-14(9-13)18(19,20)21/h2-11H,1H3,(H,23,25). The maximum atomic E-state index is 12.8. The molecule has 8 heteroatoms. The van der Waals surface area contributed by atoms with Crippen LogP contribution in [0, 0.1) is 0 Å². The number of nitrogens with zero attached hydrogens (tertiary/aromatic N) is 2. The fourth-order valence-electron chi connectivity index (χ4n) is 2.35. The second-order valence-electron chi connectivity index (χ2n) is 5.59. The Morgan fingerprint density at radius 3 is 2.62 bits per heavy atom. The third kappa shape index (κ3) is 4.08. The van der Waals surface area contributed by atoms with Crippen LogP contribution in [0.5, 0.6) is 0 Å². The first-order valence-corrected chi connectivity index (χ1v) is 8.56. The van der Waals surface area contributed by atoms with Crippen LogP contribution in [0.3, 0.4) is 0 Å². The number of thiazole rings is 1. The van der Waals surface area contributed by atoms with Crippen LogP contribution in [0.1, 0.15) is 34.6 Å². The van der Waals surface area contributed by atoms with E-state index in [1.165, 1.54) is 17.5 Å². The predicted molar refractivity (Wildman–Crippen MR) is 92.7 cm³/mol. The molecule has 0 aliphatic rings. The molecular weight excluding hydrogens is 363 g/mol. The highest BCUT2D eigenvalue weighted by atomic mass is 32.1. The van der Waals surface area contributed by atoms with E-state index in [0.29, 0.717) is 10.6 Å². The fraction of sp³-hybridized carbons (Fsp3) is 0.167. The van der Waals surface area contributed by atoms with Crippen LogP contribution in [0.15, 0.2) is 54.2 Å². The minimum atomic E-state index is -4.42. The van der Waals surface area contributed by atoms with E-state index in [4.69, 9.17) is 0 Å². The van der Waals surface area contributed by atoms with Gasteiger partial charge in [0.15, 0.2) is 0 Å². The zero-order valence-corrected chi connectivity index (χ0v) is 14.4. The van der Waals surface area contributed by atoms with Crippen LogP contribution in [0.2, 0.25) is 0 Å². The van der Waals surface area contributed by atoms with Gasteiger partial charge in [-0.15, -0.1) is 11.3 Å². The summed E-state index contributed by atoms with van der Waals surface area (Å²) < 4.78 is 38.5. The van der Waals surface area contributed by atoms with E-state index < -0.39 is 11.7 Å². The number of rotatable bonds is 4. The SMILES string of the molecule is CC(NC(=O)c1csc(-c2cccc(C(F)(F)F)c2)n1)c1ccncc1. The molecule has 1 unspecified atom stereocenters. The van der Waals surface area contributed by atoms with Crippen molar-refractivity contribution in [2.45, 2.75) is 19.1 Å². The van der Waals surface area contributed by atoms with Crippen LogP contribution in [0.4, 0.5) is 13.2 Å². The molecule has 0 saturated heterocycles. The Labute approximate surface area is 151 Å². The number of amides is 1. The number of pyridine rings is 1. The molecule has 26 heavy (non-hydrogen) atoms. The van der Waals surface area contributed by atoms with Gasteiger partial charge in [-0.25, -0.2) is 4.98 Å². The van der Waals surface area contributed by atoms with Gasteiger partial charge in [-0.05, 0) is 36.8 Å². The van der Waals surface area contributed by atoms with E-state index in [9.17, 15) is 18.0 Å². The molecule has 0 fully saturated rings. The van der Waals surface area contributed by atoms with Gasteiger partial charge in [0.1, 0.15) is 10.7 Å². The van der Waals surface area contributed by atoms with Crippen LogP contribution >= 0.6 is 11.3 Å². The lowest BCUT2D eigenvalue weighted by Crippen LogP contribution is -2.26. The lowest BCUT2D eigenvalue weighted by atomic mass is 10.1. The van der Waals surface area contributed by atoms with Gasteiger partial charge in [0.25, 0.3) is 5.91 Å². The van der Waals surface area contributed by atoms with Crippen molar-refractivity contribution in [1.29, 1.82) is 0 Å². The number of carbonyl (C=O) groups excluding carboxylic acids is 1. The predicted octanol–water partition coefficient (Wildman–Crippen LogP) is 4.71. The van der Waals surface area contributed by atoms with Gasteiger partial charge in [-0.3, -0.25) is 9.78 Å². The number of carbonyl (C=O) groups is 1. The highest BCUT2D eigenvalue weighted by Crippen LogP contribution is 2.33. The number of benzene rings is 1. The molecule has 0 saturated carbocycles. The van der Waals surface area contributed by atoms with E-state index in [1.54, 1.807) is 24.5 Å². The van der Waals surface area contributed by atoms with Crippen molar-refractivity contribution in [2.24, 2.45) is 0 Å². The van der Waals surface area contributed by atoms with Gasteiger partial charge >= 0.3 is 6.18 Å². The van der Waals surface area contributed by atoms with Crippen LogP contribution in [-0.2, 0) is 6.18 Å². The van der Waals surface area contributed by atoms with Crippen molar-refractivity contribution in [1.82, 2.24) is 15.3 Å². The summed E-state index contributed by atoms with van der Waals surface area (Å²) in [5.41, 5.74) is 0.638. The average molecular weight is 377 g/mol. The van der Waals surface area contributed by atoms with Crippen molar-refractivity contribution < 1.29 is 18.0 Å². The third-order valence-corrected chi connectivity index (χ3v) is 4.62. The quantitative estimate of drug-likeness (QED) is 0.716. The highest BCUT2D eigenvalue weighted by Gasteiger charge is 2.30. The van der Waals surface area contributed by atoms with Gasteiger partial charge in [-0.2, -0.15) is 13.2 Å². The second-order valence-corrected chi connectivity index (χ2v) is 6.45. The van der Waals surface area contributed by atoms with Crippen LogP contribution < -0.4 is 5.32 Å². The highest BCUT2D eigenvalue weighted by molar-refractivity contribution is 7.13. The lowest BCUT2D eigenvalue weighted by Gasteiger charge is -2.12. The topological polar surface area (TPSA) is 54.9 Å². The Hall–Kier alpha value is -2.74. The first-order chi connectivity index (χ1) is 12.3. The Morgan fingerprint density at radius 2 is 1.92 bits per heavy atom. The minimum absolute atomic E-state index is 0.170. The van der Waals surface area contributed by atoms with Gasteiger partial charge in [-0.1, -0.05) is 12.1 Å². The number of halogens is 3. The first-order valence-electron chi connectivity index (χ1n) is 7.68. The molecular formula is C18H14F3N3OS. The monoisotopic (exact) mass is 377 g/mol. The van der Waals surface area contributed by atoms with E-state index in [2.05, 4.69) is 15.3 Å². The Morgan fingerprint density at radius 1 is 1.19 bits per heavy atom. The Bertz CT molecular complexity index is 909. The molecule has 0 spiro atoms. The van der Waals surface area contributed by atoms with Crippen molar-refractivity contribution in [3.63, 3.8) is 0 Å². The molecule has 0 aliphatic carbocycles. The summed E-state index contributed by atoms with van der Waals surface area (Å²) in [7, 11) is 0. The van der Waals surface area contributed by atoms with Gasteiger partial charge in [0.05, 0.1) is 11.6 Å². The maximum absolute atomic E-state index is 12.8. The largest absolute Gasteiger partial charge is 0.416 e. The van der Waals surface area contributed by atoms with Crippen LogP contribution in [-0.4, -0.2) is 15.9 Å². The lowest BCUT2D eigenvalue weighted by molar-refractivity contribution is -0.137. The summed E-state index contributed by atoms with van der Waals surface area (Å²) in [6.45, 7) is 1.83. The van der Waals surface area contributed by atoms with Gasteiger partial charge < -0.3 is 5.32 Å². The molecule has 1 amide bonds. The van der Waals surface area contributed by atoms with Gasteiger partial charge in [0.2, 0.25) is 0 Å². The zero-order valence-electron chi connectivity index (χ0n) is 13.6. The van der Waals surface area contributed by atoms with Gasteiger partial charge in [0, 0.05) is 23.3 Å². The molecule has 3 rings (SSSR count). The molecule has 1 atom stereocenters. The third-order valence-electron chi connectivity index (χ3n) is 3.73. The number of hydrogen-bond donors (Lipinski definition) is 1. The summed E-state index contributed by atoms with van der Waals surface area (Å²) in [6, 6.07) is 8.23. The first kappa shape index (κ1) is 18.1. The van der Waals surface area contributed by atoms with E-state index in [-0.39, 0.29) is 17.6 Å². The molecule has 2 aromatic heterocycles. The molecule has 4 nitrogen and oxygen atoms in total. The van der Waals surface area contributed by atoms with E-state index in [1.807, 2.05) is 6.92 Å². The Kier molecular flexibility index (Phi) is 5.03. The van der Waals surface area contributed by atoms with E-state index >= 15 is 0 Å². The molecule has 1 aromatic carbocycles. The van der Waals surface area contributed by atoms with Crippen LogP contribution in [0.25, 0.3) is 10.6 Å². The number of alkyl halides is 3. The minimum Gasteiger partial charge on any atom is -0.344 e. The van der Waals surface area contributed by atoms with E-state index in [0.717, 1.165) is 29.0 Å². The molecule has 3 aromatic rings. The Balaban J connectivity index is 1.76. The summed E-state index contributed by atoms with van der Waals surface area (Å²) in [6.07, 6.45) is -1.16. The van der Waals surface area contributed by atoms with Crippen molar-refractivity contribution in [2.75, 3.05) is 0 Å². The van der Waals surface area contributed by atoms with Crippen molar-refractivity contribution in [3.05, 3.63) is 71.0 Å². The summed E-state index contributed by atoms with van der Waals surface area (Å²) >= 11 is 1.12. The molecule has 0 bridgehead atoms. The molecule has 134 valence electrons. The summed E-state index contributed by atoms with van der Waals surface area (Å²) in [5, 5.41) is 4.70. The fourth-order valence-corrected chi connectivity index (χ4v) is 3.14. The second kappa shape index (κ2) is 7.25. The smallest absolute Gasteiger partial charge is 0.344 e. The zero-order chi connectivity index (χ0) is 18.7. The normalized spacial score (nSPS) is 12.6. The number of aromatic nitrogens is 2. The maximum Gasteiger partial charge on any atom is 0.416 e. The molecule has 2 heterocycles. The summed E-state index contributed by atoms with van der Waals surface area (Å²) in [5.74, 6) is -0.385. The number of hydrogen-bond acceptors (Lipinski definition) is 4. The summed E-state index contributed by atoms with van der Waals surface area (Å²) in [4.78, 5) is 20.4. The van der Waals surface area contributed by atoms with Crippen molar-refractivity contribution >= 4 is 17.2 Å². The molecule has 0 radical (unpaired) electrons.